The molecule has 0 amide bonds. The quantitative estimate of drug-likeness (QED) is 0.171. The molecule has 11 rings (SSSR count). The van der Waals surface area contributed by atoms with Crippen LogP contribution < -0.4 is 0 Å². The minimum Gasteiger partial charge on any atom is -0.309 e. The Morgan fingerprint density at radius 1 is 0.357 bits per heavy atom. The van der Waals surface area contributed by atoms with Gasteiger partial charge in [0, 0.05) is 38.4 Å². The zero-order valence-electron chi connectivity index (χ0n) is 39.5. The molecular formula is C51H33N5. The second-order valence-electron chi connectivity index (χ2n) is 13.3. The zero-order chi connectivity index (χ0) is 45.7. The topological polar surface area (TPSA) is 48.5 Å². The van der Waals surface area contributed by atoms with Crippen LogP contribution in [0, 0.1) is 0 Å². The predicted octanol–water partition coefficient (Wildman–Crippen LogP) is 12.7. The molecule has 8 aromatic carbocycles. The number of aromatic nitrogens is 5. The summed E-state index contributed by atoms with van der Waals surface area (Å²) in [6, 6.07) is 39.3. The Balaban J connectivity index is 1.33. The third-order valence-electron chi connectivity index (χ3n) is 9.99. The third-order valence-corrected chi connectivity index (χ3v) is 9.99. The summed E-state index contributed by atoms with van der Waals surface area (Å²) in [6.07, 6.45) is 0. The first-order chi connectivity index (χ1) is 31.9. The summed E-state index contributed by atoms with van der Waals surface area (Å²) < 4.78 is 95.9. The minimum absolute atomic E-state index is 0.00430. The van der Waals surface area contributed by atoms with Crippen molar-refractivity contribution in [3.63, 3.8) is 0 Å². The molecule has 0 aliphatic carbocycles. The van der Waals surface area contributed by atoms with Gasteiger partial charge in [0.25, 0.3) is 0 Å². The lowest BCUT2D eigenvalue weighted by molar-refractivity contribution is 0.953. The first-order valence-electron chi connectivity index (χ1n) is 23.1. The highest BCUT2D eigenvalue weighted by Gasteiger charge is 2.21. The maximum absolute atomic E-state index is 10.3. The second kappa shape index (κ2) is 13.0. The summed E-state index contributed by atoms with van der Waals surface area (Å²) in [7, 11) is 0. The molecule has 0 aliphatic rings. The van der Waals surface area contributed by atoms with Crippen molar-refractivity contribution < 1.29 is 13.7 Å². The Morgan fingerprint density at radius 2 is 0.839 bits per heavy atom. The smallest absolute Gasteiger partial charge is 0.238 e. The van der Waals surface area contributed by atoms with Gasteiger partial charge in [-0.15, -0.1) is 0 Å². The van der Waals surface area contributed by atoms with Crippen LogP contribution in [0.5, 0.6) is 0 Å². The van der Waals surface area contributed by atoms with E-state index in [0.29, 0.717) is 16.8 Å². The van der Waals surface area contributed by atoms with Crippen LogP contribution in [-0.4, -0.2) is 24.1 Å². The van der Waals surface area contributed by atoms with Gasteiger partial charge in [0.1, 0.15) is 0 Å². The summed E-state index contributed by atoms with van der Waals surface area (Å²) in [6.45, 7) is 0. The van der Waals surface area contributed by atoms with Crippen molar-refractivity contribution in [3.05, 3.63) is 200 Å². The highest BCUT2D eigenvalue weighted by molar-refractivity contribution is 6.19. The average molecular weight is 726 g/mol. The molecule has 0 bridgehead atoms. The molecule has 0 radical (unpaired) electrons. The van der Waals surface area contributed by atoms with Crippen molar-refractivity contribution in [2.24, 2.45) is 0 Å². The summed E-state index contributed by atoms with van der Waals surface area (Å²) in [5.74, 6) is 0.395. The van der Waals surface area contributed by atoms with Gasteiger partial charge in [0.2, 0.25) is 5.95 Å². The molecule has 5 nitrogen and oxygen atoms in total. The molecule has 5 heteroatoms. The van der Waals surface area contributed by atoms with Crippen LogP contribution in [0.25, 0.3) is 100 Å². The molecule has 0 unspecified atom stereocenters. The molecule has 0 aliphatic heterocycles. The van der Waals surface area contributed by atoms with Gasteiger partial charge >= 0.3 is 0 Å². The molecule has 3 aromatic heterocycles. The standard InChI is InChI=1S/C51H33N5/c1-4-16-34(17-5-1)37-22-14-24-39(30-37)50-52-49(36-20-8-3-9-21-36)53-51(54-50)56-46-29-13-11-27-42(46)44-32-43-41-26-10-12-28-45(41)55(47(43)33-48(44)56)40-25-15-23-38(31-40)35-18-6-2-7-19-35/h1-33H/i10D,11D,12D,13D,26D,27D,28D,29D,32D,33D. The van der Waals surface area contributed by atoms with Gasteiger partial charge in [-0.25, -0.2) is 4.98 Å². The van der Waals surface area contributed by atoms with Crippen LogP contribution in [-0.2, 0) is 0 Å². The molecule has 11 aromatic rings. The number of benzene rings is 8. The number of hydrogen-bond donors (Lipinski definition) is 0. The van der Waals surface area contributed by atoms with Gasteiger partial charge in [-0.1, -0.05) is 158 Å². The summed E-state index contributed by atoms with van der Waals surface area (Å²) in [5, 5.41) is -0.0905. The van der Waals surface area contributed by atoms with E-state index in [0.717, 1.165) is 22.3 Å². The van der Waals surface area contributed by atoms with E-state index in [-0.39, 0.29) is 79.3 Å². The molecule has 3 heterocycles. The lowest BCUT2D eigenvalue weighted by atomic mass is 10.0. The molecule has 0 saturated heterocycles. The maximum Gasteiger partial charge on any atom is 0.238 e. The SMILES string of the molecule is [2H]c1c([2H])c([2H])c2c(c1[2H])c1c([2H])c3c4c([2H])c([2H])c([2H])c([2H])c4n(-c4nc(-c5ccccc5)nc(-c5cccc(-c6ccccc6)c5)n4)c3c([2H])c1n2-c1cccc(-c2ccccc2)c1. The van der Waals surface area contributed by atoms with Gasteiger partial charge in [-0.2, -0.15) is 9.97 Å². The maximum atomic E-state index is 10.3. The average Bonchev–Trinajstić information content (AvgIpc) is 3.93. The number of rotatable bonds is 6. The van der Waals surface area contributed by atoms with E-state index in [1.807, 2.05) is 133 Å². The molecule has 0 atom stereocenters. The van der Waals surface area contributed by atoms with Crippen LogP contribution in [0.3, 0.4) is 0 Å². The molecule has 56 heavy (non-hydrogen) atoms. The van der Waals surface area contributed by atoms with Crippen molar-refractivity contribution in [1.82, 2.24) is 24.1 Å². The molecular weight excluding hydrogens is 683 g/mol. The van der Waals surface area contributed by atoms with Gasteiger partial charge in [-0.05, 0) is 64.6 Å². The van der Waals surface area contributed by atoms with Crippen LogP contribution >= 0.6 is 0 Å². The molecule has 0 fully saturated rings. The van der Waals surface area contributed by atoms with E-state index in [9.17, 15) is 8.22 Å². The van der Waals surface area contributed by atoms with Gasteiger partial charge < -0.3 is 4.57 Å². The van der Waals surface area contributed by atoms with E-state index in [1.54, 1.807) is 10.6 Å². The molecule has 0 saturated carbocycles. The van der Waals surface area contributed by atoms with Gasteiger partial charge in [0.15, 0.2) is 11.6 Å². The van der Waals surface area contributed by atoms with Crippen molar-refractivity contribution in [1.29, 1.82) is 0 Å². The lowest BCUT2D eigenvalue weighted by Crippen LogP contribution is -2.06. The third kappa shape index (κ3) is 5.29. The Labute approximate surface area is 337 Å². The molecule has 262 valence electrons. The van der Waals surface area contributed by atoms with Crippen molar-refractivity contribution in [2.75, 3.05) is 0 Å². The van der Waals surface area contributed by atoms with Gasteiger partial charge in [0.05, 0.1) is 35.8 Å². The lowest BCUT2D eigenvalue weighted by Gasteiger charge is -2.12. The first-order valence-corrected chi connectivity index (χ1v) is 18.1. The number of fused-ring (bicyclic) bond motifs is 6. The Kier molecular flexibility index (Phi) is 5.41. The highest BCUT2D eigenvalue weighted by Crippen LogP contribution is 2.40. The van der Waals surface area contributed by atoms with E-state index in [4.69, 9.17) is 20.4 Å². The highest BCUT2D eigenvalue weighted by atomic mass is 15.2. The van der Waals surface area contributed by atoms with Crippen LogP contribution in [0.1, 0.15) is 13.7 Å². The van der Waals surface area contributed by atoms with E-state index < -0.39 is 42.3 Å². The van der Waals surface area contributed by atoms with E-state index >= 15 is 0 Å². The molecule has 0 N–H and O–H groups in total. The zero-order valence-corrected chi connectivity index (χ0v) is 29.5. The van der Waals surface area contributed by atoms with Gasteiger partial charge in [-0.3, -0.25) is 4.57 Å². The van der Waals surface area contributed by atoms with Crippen LogP contribution in [0.2, 0.25) is 0 Å². The Bertz CT molecular complexity index is 3820. The summed E-state index contributed by atoms with van der Waals surface area (Å²) >= 11 is 0. The van der Waals surface area contributed by atoms with Crippen molar-refractivity contribution in [2.45, 2.75) is 0 Å². The molecule has 0 spiro atoms. The number of hydrogen-bond acceptors (Lipinski definition) is 3. The van der Waals surface area contributed by atoms with E-state index in [2.05, 4.69) is 0 Å². The number of nitrogens with zero attached hydrogens (tertiary/aromatic N) is 5. The summed E-state index contributed by atoms with van der Waals surface area (Å²) in [4.78, 5) is 14.9. The minimum atomic E-state index is -0.557. The van der Waals surface area contributed by atoms with Crippen molar-refractivity contribution >= 4 is 43.6 Å². The monoisotopic (exact) mass is 725 g/mol. The first kappa shape index (κ1) is 23.2. The normalized spacial score (nSPS) is 14.1. The fraction of sp³-hybridized carbons (Fsp3) is 0. The number of para-hydroxylation sites is 2. The fourth-order valence-electron chi connectivity index (χ4n) is 7.40. The second-order valence-corrected chi connectivity index (χ2v) is 13.3. The van der Waals surface area contributed by atoms with Crippen molar-refractivity contribution in [3.8, 4) is 56.7 Å². The van der Waals surface area contributed by atoms with Crippen LogP contribution in [0.15, 0.2) is 200 Å². The van der Waals surface area contributed by atoms with E-state index in [1.165, 1.54) is 4.57 Å². The summed E-state index contributed by atoms with van der Waals surface area (Å²) in [5.41, 5.74) is 5.24. The largest absolute Gasteiger partial charge is 0.309 e. The Morgan fingerprint density at radius 3 is 1.48 bits per heavy atom. The fourth-order valence-corrected chi connectivity index (χ4v) is 7.40. The Hall–Kier alpha value is -7.63. The van der Waals surface area contributed by atoms with Crippen LogP contribution in [0.4, 0.5) is 0 Å². The predicted molar refractivity (Wildman–Crippen MR) is 230 cm³/mol.